The van der Waals surface area contributed by atoms with Crippen molar-refractivity contribution in [3.63, 3.8) is 0 Å². The molecule has 13 heavy (non-hydrogen) atoms. The van der Waals surface area contributed by atoms with Crippen LogP contribution in [0.25, 0.3) is 0 Å². The highest BCUT2D eigenvalue weighted by Crippen LogP contribution is 2.43. The lowest BCUT2D eigenvalue weighted by Gasteiger charge is -2.06. The maximum absolute atomic E-state index is 11.2. The summed E-state index contributed by atoms with van der Waals surface area (Å²) in [4.78, 5) is 9.19. The highest BCUT2D eigenvalue weighted by atomic mass is 31.2. The summed E-state index contributed by atoms with van der Waals surface area (Å²) in [6, 6.07) is 0. The molecule has 0 saturated carbocycles. The van der Waals surface area contributed by atoms with Crippen molar-refractivity contribution in [2.24, 2.45) is 0 Å². The first-order chi connectivity index (χ1) is 6.12. The van der Waals surface area contributed by atoms with E-state index in [1.54, 1.807) is 6.08 Å². The molecule has 0 aromatic rings. The summed E-state index contributed by atoms with van der Waals surface area (Å²) in [5.41, 5.74) is 0. The van der Waals surface area contributed by atoms with Crippen molar-refractivity contribution in [2.75, 3.05) is 6.61 Å². The Balaban J connectivity index is 3.63. The van der Waals surface area contributed by atoms with Crippen LogP contribution >= 0.6 is 7.60 Å². The average Bonchev–Trinajstić information content (AvgIpc) is 2.09. The van der Waals surface area contributed by atoms with Gasteiger partial charge in [0.25, 0.3) is 0 Å². The maximum Gasteiger partial charge on any atom is 0.351 e. The van der Waals surface area contributed by atoms with Crippen molar-refractivity contribution < 1.29 is 14.0 Å². The summed E-state index contributed by atoms with van der Waals surface area (Å²) in [5.74, 6) is 1.26. The molecule has 0 amide bonds. The molecule has 1 N–H and O–H groups in total. The third-order valence-electron chi connectivity index (χ3n) is 1.55. The molecule has 3 nitrogen and oxygen atoms in total. The van der Waals surface area contributed by atoms with Crippen LogP contribution < -0.4 is 0 Å². The monoisotopic (exact) mass is 206 g/mol. The average molecular weight is 206 g/mol. The Morgan fingerprint density at radius 3 is 2.62 bits per heavy atom. The highest BCUT2D eigenvalue weighted by Gasteiger charge is 2.12. The summed E-state index contributed by atoms with van der Waals surface area (Å²) in [7, 11) is -3.43. The van der Waals surface area contributed by atoms with Crippen LogP contribution in [-0.4, -0.2) is 11.5 Å². The predicted octanol–water partition coefficient (Wildman–Crippen LogP) is 3.30. The normalized spacial score (nSPS) is 16.2. The molecule has 0 aromatic carbocycles. The van der Waals surface area contributed by atoms with Gasteiger partial charge in [-0.15, -0.1) is 0 Å². The van der Waals surface area contributed by atoms with Crippen molar-refractivity contribution in [1.29, 1.82) is 0 Å². The Labute approximate surface area is 80.3 Å². The SMILES string of the molecule is CCC=CP(=O)(O)OCCCCC. The standard InChI is InChI=1S/C9H19O3P/c1-3-5-7-8-12-13(10,11)9-6-4-2/h6,9H,3-5,7-8H2,1-2H3,(H,10,11). The van der Waals surface area contributed by atoms with E-state index in [1.807, 2.05) is 6.92 Å². The van der Waals surface area contributed by atoms with Gasteiger partial charge in [-0.2, -0.15) is 0 Å². The molecule has 0 aliphatic carbocycles. The fraction of sp³-hybridized carbons (Fsp3) is 0.778. The third-order valence-corrected chi connectivity index (χ3v) is 2.69. The molecule has 78 valence electrons. The number of allylic oxidation sites excluding steroid dienone is 1. The Morgan fingerprint density at radius 1 is 1.38 bits per heavy atom. The van der Waals surface area contributed by atoms with Crippen molar-refractivity contribution in [3.05, 3.63) is 11.9 Å². The molecule has 0 aliphatic rings. The van der Waals surface area contributed by atoms with E-state index < -0.39 is 7.60 Å². The van der Waals surface area contributed by atoms with Gasteiger partial charge >= 0.3 is 7.60 Å². The van der Waals surface area contributed by atoms with E-state index in [9.17, 15) is 9.46 Å². The minimum Gasteiger partial charge on any atom is -0.321 e. The van der Waals surface area contributed by atoms with Crippen molar-refractivity contribution in [3.8, 4) is 0 Å². The minimum absolute atomic E-state index is 0.371. The number of hydrogen-bond acceptors (Lipinski definition) is 2. The van der Waals surface area contributed by atoms with Gasteiger partial charge in [0, 0.05) is 5.82 Å². The second-order valence-corrected chi connectivity index (χ2v) is 4.58. The minimum atomic E-state index is -3.43. The van der Waals surface area contributed by atoms with E-state index >= 15 is 0 Å². The van der Waals surface area contributed by atoms with Crippen molar-refractivity contribution >= 4 is 7.60 Å². The fourth-order valence-electron chi connectivity index (χ4n) is 0.829. The predicted molar refractivity (Wildman–Crippen MR) is 54.7 cm³/mol. The van der Waals surface area contributed by atoms with Crippen LogP contribution in [0.3, 0.4) is 0 Å². The molecule has 0 fully saturated rings. The van der Waals surface area contributed by atoms with E-state index in [0.29, 0.717) is 6.61 Å². The number of unbranched alkanes of at least 4 members (excludes halogenated alkanes) is 2. The van der Waals surface area contributed by atoms with Crippen LogP contribution in [0.15, 0.2) is 11.9 Å². The molecule has 1 unspecified atom stereocenters. The lowest BCUT2D eigenvalue weighted by Crippen LogP contribution is -1.90. The number of rotatable bonds is 7. The molecule has 0 rings (SSSR count). The Kier molecular flexibility index (Phi) is 7.25. The molecule has 0 radical (unpaired) electrons. The van der Waals surface area contributed by atoms with Gasteiger partial charge in [0.1, 0.15) is 0 Å². The topological polar surface area (TPSA) is 46.5 Å². The van der Waals surface area contributed by atoms with Crippen LogP contribution in [0.1, 0.15) is 39.5 Å². The second-order valence-electron chi connectivity index (χ2n) is 2.90. The van der Waals surface area contributed by atoms with Gasteiger partial charge in [0.2, 0.25) is 0 Å². The van der Waals surface area contributed by atoms with Crippen LogP contribution in [0, 0.1) is 0 Å². The maximum atomic E-state index is 11.2. The highest BCUT2D eigenvalue weighted by molar-refractivity contribution is 7.56. The zero-order chi connectivity index (χ0) is 10.2. The van der Waals surface area contributed by atoms with E-state index in [1.165, 1.54) is 5.82 Å². The quantitative estimate of drug-likeness (QED) is 0.513. The molecule has 4 heteroatoms. The lowest BCUT2D eigenvalue weighted by atomic mass is 10.3. The van der Waals surface area contributed by atoms with Crippen LogP contribution in [0.2, 0.25) is 0 Å². The van der Waals surface area contributed by atoms with Gasteiger partial charge in [0.05, 0.1) is 6.61 Å². The smallest absolute Gasteiger partial charge is 0.321 e. The van der Waals surface area contributed by atoms with Gasteiger partial charge in [-0.3, -0.25) is 4.57 Å². The van der Waals surface area contributed by atoms with E-state index in [2.05, 4.69) is 6.92 Å². The van der Waals surface area contributed by atoms with Gasteiger partial charge in [-0.25, -0.2) is 0 Å². The van der Waals surface area contributed by atoms with Crippen LogP contribution in [-0.2, 0) is 9.09 Å². The Bertz CT molecular complexity index is 189. The van der Waals surface area contributed by atoms with Crippen LogP contribution in [0.4, 0.5) is 0 Å². The first kappa shape index (κ1) is 12.9. The largest absolute Gasteiger partial charge is 0.351 e. The van der Waals surface area contributed by atoms with Crippen LogP contribution in [0.5, 0.6) is 0 Å². The molecular formula is C9H19O3P. The van der Waals surface area contributed by atoms with Gasteiger partial charge in [-0.1, -0.05) is 32.8 Å². The molecule has 0 bridgehead atoms. The molecular weight excluding hydrogens is 187 g/mol. The number of hydrogen-bond donors (Lipinski definition) is 1. The fourth-order valence-corrected chi connectivity index (χ4v) is 1.78. The van der Waals surface area contributed by atoms with Gasteiger partial charge in [-0.05, 0) is 12.8 Å². The second kappa shape index (κ2) is 7.31. The first-order valence-electron chi connectivity index (χ1n) is 4.77. The molecule has 1 atom stereocenters. The van der Waals surface area contributed by atoms with Gasteiger partial charge in [0.15, 0.2) is 0 Å². The molecule has 0 spiro atoms. The van der Waals surface area contributed by atoms with Crippen molar-refractivity contribution in [1.82, 2.24) is 0 Å². The zero-order valence-corrected chi connectivity index (χ0v) is 9.30. The summed E-state index contributed by atoms with van der Waals surface area (Å²) in [5, 5.41) is 0. The Hall–Kier alpha value is -0.110. The third kappa shape index (κ3) is 8.23. The summed E-state index contributed by atoms with van der Waals surface area (Å²) >= 11 is 0. The van der Waals surface area contributed by atoms with Crippen molar-refractivity contribution in [2.45, 2.75) is 39.5 Å². The molecule has 0 heterocycles. The molecule has 0 aromatic heterocycles. The molecule has 0 aliphatic heterocycles. The lowest BCUT2D eigenvalue weighted by molar-refractivity contribution is 0.261. The first-order valence-corrected chi connectivity index (χ1v) is 6.41. The van der Waals surface area contributed by atoms with Gasteiger partial charge < -0.3 is 9.42 Å². The van der Waals surface area contributed by atoms with E-state index in [0.717, 1.165) is 25.7 Å². The zero-order valence-electron chi connectivity index (χ0n) is 8.40. The summed E-state index contributed by atoms with van der Waals surface area (Å²) in [6.45, 7) is 4.36. The summed E-state index contributed by atoms with van der Waals surface area (Å²) < 4.78 is 16.0. The van der Waals surface area contributed by atoms with E-state index in [4.69, 9.17) is 4.52 Å². The molecule has 0 saturated heterocycles. The van der Waals surface area contributed by atoms with E-state index in [-0.39, 0.29) is 0 Å². The summed E-state index contributed by atoms with van der Waals surface area (Å²) in [6.07, 6.45) is 5.38. The Morgan fingerprint density at radius 2 is 2.08 bits per heavy atom.